The number of carbonyl (C=O) groups is 1. The van der Waals surface area contributed by atoms with Crippen LogP contribution < -0.4 is 11.1 Å². The molecule has 3 nitrogen and oxygen atoms in total. The second-order valence-corrected chi connectivity index (χ2v) is 6.22. The fraction of sp³-hybridized carbons (Fsp3) is 0.316. The molecule has 0 aliphatic carbocycles. The molecular weight excluding hydrogens is 272 g/mol. The third-order valence-corrected chi connectivity index (χ3v) is 4.17. The summed E-state index contributed by atoms with van der Waals surface area (Å²) in [5, 5.41) is 3.07. The van der Waals surface area contributed by atoms with Gasteiger partial charge in [-0.3, -0.25) is 4.79 Å². The Morgan fingerprint density at radius 1 is 0.955 bits per heavy atom. The molecule has 2 aromatic rings. The van der Waals surface area contributed by atoms with Gasteiger partial charge in [-0.05, 0) is 31.9 Å². The molecule has 0 saturated carbocycles. The molecule has 2 atom stereocenters. The highest BCUT2D eigenvalue weighted by molar-refractivity contribution is 5.83. The first-order chi connectivity index (χ1) is 10.4. The van der Waals surface area contributed by atoms with Crippen LogP contribution in [0, 0.1) is 5.41 Å². The molecule has 0 spiro atoms. The lowest BCUT2D eigenvalue weighted by Gasteiger charge is -2.32. The lowest BCUT2D eigenvalue weighted by molar-refractivity contribution is -0.131. The summed E-state index contributed by atoms with van der Waals surface area (Å²) in [6.07, 6.45) is 0. The van der Waals surface area contributed by atoms with Crippen LogP contribution in [0.25, 0.3) is 0 Å². The van der Waals surface area contributed by atoms with Gasteiger partial charge >= 0.3 is 0 Å². The molecule has 0 saturated heterocycles. The van der Waals surface area contributed by atoms with E-state index in [-0.39, 0.29) is 18.0 Å². The first-order valence-electron chi connectivity index (χ1n) is 7.59. The summed E-state index contributed by atoms with van der Waals surface area (Å²) in [4.78, 5) is 12.7. The molecular formula is C19H24N2O. The maximum absolute atomic E-state index is 12.7. The molecule has 0 bridgehead atoms. The molecule has 116 valence electrons. The highest BCUT2D eigenvalue weighted by Crippen LogP contribution is 2.32. The van der Waals surface area contributed by atoms with Crippen molar-refractivity contribution in [1.82, 2.24) is 5.32 Å². The zero-order valence-corrected chi connectivity index (χ0v) is 13.4. The summed E-state index contributed by atoms with van der Waals surface area (Å²) in [6, 6.07) is 19.3. The number of amides is 1. The Kier molecular flexibility index (Phi) is 4.99. The van der Waals surface area contributed by atoms with Crippen LogP contribution in [0.5, 0.6) is 0 Å². The zero-order valence-electron chi connectivity index (χ0n) is 13.4. The first kappa shape index (κ1) is 16.2. The average Bonchev–Trinajstić information content (AvgIpc) is 2.55. The second-order valence-electron chi connectivity index (χ2n) is 6.22. The predicted molar refractivity (Wildman–Crippen MR) is 90.2 cm³/mol. The van der Waals surface area contributed by atoms with Crippen molar-refractivity contribution >= 4 is 5.91 Å². The molecule has 0 heterocycles. The molecule has 1 amide bonds. The quantitative estimate of drug-likeness (QED) is 0.886. The van der Waals surface area contributed by atoms with Crippen LogP contribution in [0.1, 0.15) is 44.0 Å². The van der Waals surface area contributed by atoms with Gasteiger partial charge in [0.2, 0.25) is 5.91 Å². The summed E-state index contributed by atoms with van der Waals surface area (Å²) >= 11 is 0. The molecule has 0 fully saturated rings. The highest BCUT2D eigenvalue weighted by atomic mass is 16.2. The Balaban J connectivity index is 2.10. The number of hydrogen-bond donors (Lipinski definition) is 2. The number of nitrogens with one attached hydrogen (secondary N) is 1. The summed E-state index contributed by atoms with van der Waals surface area (Å²) in [7, 11) is 0. The maximum Gasteiger partial charge on any atom is 0.228 e. The van der Waals surface area contributed by atoms with Gasteiger partial charge in [0.1, 0.15) is 0 Å². The average molecular weight is 296 g/mol. The molecule has 2 unspecified atom stereocenters. The van der Waals surface area contributed by atoms with E-state index in [1.165, 1.54) is 0 Å². The third-order valence-electron chi connectivity index (χ3n) is 4.17. The molecule has 22 heavy (non-hydrogen) atoms. The Morgan fingerprint density at radius 2 is 1.41 bits per heavy atom. The van der Waals surface area contributed by atoms with Crippen molar-refractivity contribution in [3.05, 3.63) is 71.8 Å². The minimum atomic E-state index is -0.690. The molecule has 0 aromatic heterocycles. The van der Waals surface area contributed by atoms with Gasteiger partial charge in [-0.25, -0.2) is 0 Å². The van der Waals surface area contributed by atoms with E-state index in [2.05, 4.69) is 5.32 Å². The largest absolute Gasteiger partial charge is 0.349 e. The van der Waals surface area contributed by atoms with E-state index >= 15 is 0 Å². The minimum absolute atomic E-state index is 0.0415. The van der Waals surface area contributed by atoms with Crippen molar-refractivity contribution in [2.45, 2.75) is 32.9 Å². The first-order valence-corrected chi connectivity index (χ1v) is 7.59. The number of nitrogens with two attached hydrogens (primary N) is 1. The van der Waals surface area contributed by atoms with Gasteiger partial charge in [-0.15, -0.1) is 0 Å². The molecule has 0 aliphatic heterocycles. The molecule has 0 radical (unpaired) electrons. The normalized spacial score (nSPS) is 14.2. The van der Waals surface area contributed by atoms with E-state index in [1.54, 1.807) is 0 Å². The SMILES string of the molecule is CC(NC(=O)C(C)(C)C(N)c1ccccc1)c1ccccc1. The summed E-state index contributed by atoms with van der Waals surface area (Å²) in [6.45, 7) is 5.76. The Labute approximate surface area is 132 Å². The van der Waals surface area contributed by atoms with Crippen molar-refractivity contribution in [1.29, 1.82) is 0 Å². The summed E-state index contributed by atoms with van der Waals surface area (Å²) in [5.74, 6) is -0.0415. The lowest BCUT2D eigenvalue weighted by atomic mass is 9.80. The Hall–Kier alpha value is -2.13. The molecule has 2 aromatic carbocycles. The second kappa shape index (κ2) is 6.75. The van der Waals surface area contributed by atoms with Gasteiger partial charge in [0.15, 0.2) is 0 Å². The van der Waals surface area contributed by atoms with Crippen molar-refractivity contribution in [2.24, 2.45) is 11.1 Å². The van der Waals surface area contributed by atoms with Gasteiger partial charge in [0.25, 0.3) is 0 Å². The van der Waals surface area contributed by atoms with E-state index in [0.29, 0.717) is 0 Å². The monoisotopic (exact) mass is 296 g/mol. The van der Waals surface area contributed by atoms with Crippen LogP contribution in [0.2, 0.25) is 0 Å². The van der Waals surface area contributed by atoms with Crippen LogP contribution in [0.3, 0.4) is 0 Å². The molecule has 2 rings (SSSR count). The van der Waals surface area contributed by atoms with Crippen LogP contribution in [-0.2, 0) is 4.79 Å². The Bertz CT molecular complexity index is 608. The topological polar surface area (TPSA) is 55.1 Å². The van der Waals surface area contributed by atoms with Gasteiger partial charge in [-0.1, -0.05) is 60.7 Å². The molecule has 0 aliphatic rings. The fourth-order valence-corrected chi connectivity index (χ4v) is 2.43. The fourth-order valence-electron chi connectivity index (χ4n) is 2.43. The van der Waals surface area contributed by atoms with Gasteiger partial charge in [0.05, 0.1) is 11.5 Å². The number of hydrogen-bond acceptors (Lipinski definition) is 2. The van der Waals surface area contributed by atoms with Crippen molar-refractivity contribution in [3.63, 3.8) is 0 Å². The van der Waals surface area contributed by atoms with Crippen molar-refractivity contribution in [3.8, 4) is 0 Å². The van der Waals surface area contributed by atoms with Gasteiger partial charge in [-0.2, -0.15) is 0 Å². The number of carbonyl (C=O) groups excluding carboxylic acids is 1. The van der Waals surface area contributed by atoms with E-state index < -0.39 is 5.41 Å². The molecule has 3 heteroatoms. The van der Waals surface area contributed by atoms with Crippen molar-refractivity contribution in [2.75, 3.05) is 0 Å². The summed E-state index contributed by atoms with van der Waals surface area (Å²) in [5.41, 5.74) is 7.69. The Morgan fingerprint density at radius 3 is 1.91 bits per heavy atom. The van der Waals surface area contributed by atoms with Crippen LogP contribution in [0.15, 0.2) is 60.7 Å². The minimum Gasteiger partial charge on any atom is -0.349 e. The van der Waals surface area contributed by atoms with Crippen molar-refractivity contribution < 1.29 is 4.79 Å². The number of rotatable bonds is 5. The summed E-state index contributed by atoms with van der Waals surface area (Å²) < 4.78 is 0. The standard InChI is InChI=1S/C19H24N2O/c1-14(15-10-6-4-7-11-15)21-18(22)19(2,3)17(20)16-12-8-5-9-13-16/h4-14,17H,20H2,1-3H3,(H,21,22). The van der Waals surface area contributed by atoms with Crippen LogP contribution in [-0.4, -0.2) is 5.91 Å². The predicted octanol–water partition coefficient (Wildman–Crippen LogP) is 3.59. The van der Waals surface area contributed by atoms with Gasteiger partial charge in [0, 0.05) is 6.04 Å². The zero-order chi connectivity index (χ0) is 16.2. The van der Waals surface area contributed by atoms with E-state index in [1.807, 2.05) is 81.4 Å². The van der Waals surface area contributed by atoms with E-state index in [0.717, 1.165) is 11.1 Å². The van der Waals surface area contributed by atoms with E-state index in [9.17, 15) is 4.79 Å². The van der Waals surface area contributed by atoms with E-state index in [4.69, 9.17) is 5.73 Å². The van der Waals surface area contributed by atoms with Gasteiger partial charge < -0.3 is 11.1 Å². The lowest BCUT2D eigenvalue weighted by Crippen LogP contribution is -2.44. The molecule has 3 N–H and O–H groups in total. The maximum atomic E-state index is 12.7. The van der Waals surface area contributed by atoms with Crippen LogP contribution >= 0.6 is 0 Å². The third kappa shape index (κ3) is 3.55. The highest BCUT2D eigenvalue weighted by Gasteiger charge is 2.36. The van der Waals surface area contributed by atoms with Crippen LogP contribution in [0.4, 0.5) is 0 Å². The smallest absolute Gasteiger partial charge is 0.228 e. The number of benzene rings is 2.